The molecule has 0 aliphatic carbocycles. The minimum atomic E-state index is -0.142. The molecule has 0 atom stereocenters. The van der Waals surface area contributed by atoms with Gasteiger partial charge in [0, 0.05) is 11.8 Å². The number of thiophene rings is 1. The van der Waals surface area contributed by atoms with Gasteiger partial charge in [-0.05, 0) is 42.1 Å². The summed E-state index contributed by atoms with van der Waals surface area (Å²) in [7, 11) is 0. The van der Waals surface area contributed by atoms with E-state index < -0.39 is 0 Å². The van der Waals surface area contributed by atoms with Crippen LogP contribution in [0.5, 0.6) is 0 Å². The largest absolute Gasteiger partial charge is 0.306 e. The molecule has 1 N–H and O–H groups in total. The molecule has 3 aromatic heterocycles. The molecule has 1 aromatic carbocycles. The summed E-state index contributed by atoms with van der Waals surface area (Å²) >= 11 is 1.61. The number of carbonyl (C=O) groups is 1. The van der Waals surface area contributed by atoms with Gasteiger partial charge in [-0.2, -0.15) is 0 Å². The number of hydrogen-bond donors (Lipinski definition) is 1. The third kappa shape index (κ3) is 2.59. The molecule has 0 saturated carbocycles. The van der Waals surface area contributed by atoms with E-state index in [9.17, 15) is 4.79 Å². The molecule has 0 radical (unpaired) electrons. The SMILES string of the molecule is Cc1ccc2nc(-c3cccs3)c(NC(=O)c3ccccc3)n2c1. The number of anilines is 1. The van der Waals surface area contributed by atoms with Gasteiger partial charge in [0.1, 0.15) is 17.2 Å². The van der Waals surface area contributed by atoms with Gasteiger partial charge in [-0.25, -0.2) is 4.98 Å². The lowest BCUT2D eigenvalue weighted by Crippen LogP contribution is -2.13. The fraction of sp³-hybridized carbons (Fsp3) is 0.0526. The second-order valence-corrected chi connectivity index (χ2v) is 6.49. The number of amides is 1. The van der Waals surface area contributed by atoms with Crippen molar-refractivity contribution in [1.82, 2.24) is 9.38 Å². The van der Waals surface area contributed by atoms with E-state index in [2.05, 4.69) is 5.32 Å². The number of aryl methyl sites for hydroxylation is 1. The Hall–Kier alpha value is -2.92. The highest BCUT2D eigenvalue weighted by Crippen LogP contribution is 2.32. The van der Waals surface area contributed by atoms with Gasteiger partial charge in [-0.15, -0.1) is 11.3 Å². The summed E-state index contributed by atoms with van der Waals surface area (Å²) in [6, 6.07) is 17.2. The van der Waals surface area contributed by atoms with E-state index in [-0.39, 0.29) is 5.91 Å². The number of benzene rings is 1. The molecule has 118 valence electrons. The number of fused-ring (bicyclic) bond motifs is 1. The van der Waals surface area contributed by atoms with Crippen LogP contribution >= 0.6 is 11.3 Å². The van der Waals surface area contributed by atoms with Gasteiger partial charge < -0.3 is 5.32 Å². The average Bonchev–Trinajstić information content (AvgIpc) is 3.24. The van der Waals surface area contributed by atoms with E-state index in [1.54, 1.807) is 23.5 Å². The summed E-state index contributed by atoms with van der Waals surface area (Å²) in [4.78, 5) is 18.3. The van der Waals surface area contributed by atoms with Gasteiger partial charge in [-0.3, -0.25) is 9.20 Å². The van der Waals surface area contributed by atoms with Crippen molar-refractivity contribution in [2.24, 2.45) is 0 Å². The molecule has 0 spiro atoms. The van der Waals surface area contributed by atoms with Crippen LogP contribution in [0.1, 0.15) is 15.9 Å². The normalized spacial score (nSPS) is 10.9. The number of rotatable bonds is 3. The maximum Gasteiger partial charge on any atom is 0.256 e. The van der Waals surface area contributed by atoms with Crippen LogP contribution in [0.3, 0.4) is 0 Å². The van der Waals surface area contributed by atoms with E-state index in [1.807, 2.05) is 65.4 Å². The van der Waals surface area contributed by atoms with E-state index in [0.717, 1.165) is 21.8 Å². The summed E-state index contributed by atoms with van der Waals surface area (Å²) < 4.78 is 1.94. The van der Waals surface area contributed by atoms with Crippen molar-refractivity contribution in [2.75, 3.05) is 5.32 Å². The second kappa shape index (κ2) is 5.94. The Bertz CT molecular complexity index is 1000. The Kier molecular flexibility index (Phi) is 3.63. The van der Waals surface area contributed by atoms with Crippen molar-refractivity contribution in [3.63, 3.8) is 0 Å². The number of carbonyl (C=O) groups excluding carboxylic acids is 1. The lowest BCUT2D eigenvalue weighted by Gasteiger charge is -2.07. The van der Waals surface area contributed by atoms with E-state index in [4.69, 9.17) is 4.98 Å². The van der Waals surface area contributed by atoms with Crippen molar-refractivity contribution >= 4 is 28.7 Å². The molecule has 0 unspecified atom stereocenters. The molecular weight excluding hydrogens is 318 g/mol. The Labute approximate surface area is 143 Å². The molecule has 0 aliphatic rings. The van der Waals surface area contributed by atoms with Gasteiger partial charge in [0.25, 0.3) is 5.91 Å². The van der Waals surface area contributed by atoms with Gasteiger partial charge in [0.2, 0.25) is 0 Å². The first kappa shape index (κ1) is 14.7. The molecule has 0 fully saturated rings. The molecule has 4 rings (SSSR count). The van der Waals surface area contributed by atoms with E-state index in [0.29, 0.717) is 11.4 Å². The fourth-order valence-corrected chi connectivity index (χ4v) is 3.34. The van der Waals surface area contributed by atoms with Gasteiger partial charge >= 0.3 is 0 Å². The summed E-state index contributed by atoms with van der Waals surface area (Å²) in [6.45, 7) is 2.02. The Morgan fingerprint density at radius 3 is 2.67 bits per heavy atom. The maximum absolute atomic E-state index is 12.6. The summed E-state index contributed by atoms with van der Waals surface area (Å²) in [5, 5.41) is 5.04. The molecule has 0 aliphatic heterocycles. The predicted octanol–water partition coefficient (Wildman–Crippen LogP) is 4.62. The monoisotopic (exact) mass is 333 g/mol. The third-order valence-electron chi connectivity index (χ3n) is 3.79. The molecule has 24 heavy (non-hydrogen) atoms. The molecule has 3 heterocycles. The highest BCUT2D eigenvalue weighted by Gasteiger charge is 2.17. The smallest absolute Gasteiger partial charge is 0.256 e. The topological polar surface area (TPSA) is 46.4 Å². The van der Waals surface area contributed by atoms with E-state index >= 15 is 0 Å². The predicted molar refractivity (Wildman–Crippen MR) is 97.6 cm³/mol. The number of pyridine rings is 1. The number of nitrogens with one attached hydrogen (secondary N) is 1. The minimum Gasteiger partial charge on any atom is -0.306 e. The zero-order chi connectivity index (χ0) is 16.5. The van der Waals surface area contributed by atoms with Crippen molar-refractivity contribution < 1.29 is 4.79 Å². The highest BCUT2D eigenvalue weighted by molar-refractivity contribution is 7.13. The summed E-state index contributed by atoms with van der Waals surface area (Å²) in [5.41, 5.74) is 3.33. The summed E-state index contributed by atoms with van der Waals surface area (Å²) in [6.07, 6.45) is 1.99. The number of nitrogens with zero attached hydrogens (tertiary/aromatic N) is 2. The molecule has 4 nitrogen and oxygen atoms in total. The number of aromatic nitrogens is 2. The molecule has 0 bridgehead atoms. The number of imidazole rings is 1. The lowest BCUT2D eigenvalue weighted by atomic mass is 10.2. The van der Waals surface area contributed by atoms with Crippen molar-refractivity contribution in [1.29, 1.82) is 0 Å². The van der Waals surface area contributed by atoms with Gasteiger partial charge in [0.15, 0.2) is 0 Å². The molecule has 0 saturated heterocycles. The Balaban J connectivity index is 1.84. The minimum absolute atomic E-state index is 0.142. The van der Waals surface area contributed by atoms with Crippen LogP contribution < -0.4 is 5.32 Å². The zero-order valence-corrected chi connectivity index (χ0v) is 13.9. The highest BCUT2D eigenvalue weighted by atomic mass is 32.1. The number of hydrogen-bond acceptors (Lipinski definition) is 3. The Morgan fingerprint density at radius 1 is 1.08 bits per heavy atom. The summed E-state index contributed by atoms with van der Waals surface area (Å²) in [5.74, 6) is 0.557. The second-order valence-electron chi connectivity index (χ2n) is 5.54. The van der Waals surface area contributed by atoms with Crippen molar-refractivity contribution in [3.8, 4) is 10.6 Å². The first-order valence-corrected chi connectivity index (χ1v) is 8.49. The van der Waals surface area contributed by atoms with Crippen LogP contribution in [-0.2, 0) is 0 Å². The average molecular weight is 333 g/mol. The standard InChI is InChI=1S/C19H15N3OS/c1-13-9-10-16-20-17(15-8-5-11-24-15)18(22(16)12-13)21-19(23)14-6-3-2-4-7-14/h2-12H,1H3,(H,21,23). The van der Waals surface area contributed by atoms with Gasteiger partial charge in [0.05, 0.1) is 4.88 Å². The molecule has 4 aromatic rings. The van der Waals surface area contributed by atoms with Crippen LogP contribution in [0.2, 0.25) is 0 Å². The van der Waals surface area contributed by atoms with Crippen LogP contribution in [0.4, 0.5) is 5.82 Å². The van der Waals surface area contributed by atoms with Crippen LogP contribution in [0, 0.1) is 6.92 Å². The van der Waals surface area contributed by atoms with Crippen molar-refractivity contribution in [2.45, 2.75) is 6.92 Å². The van der Waals surface area contributed by atoms with Crippen LogP contribution in [-0.4, -0.2) is 15.3 Å². The van der Waals surface area contributed by atoms with E-state index in [1.165, 1.54) is 0 Å². The third-order valence-corrected chi connectivity index (χ3v) is 4.67. The molecule has 5 heteroatoms. The Morgan fingerprint density at radius 2 is 1.92 bits per heavy atom. The first-order chi connectivity index (χ1) is 11.7. The molecular formula is C19H15N3OS. The first-order valence-electron chi connectivity index (χ1n) is 7.61. The molecule has 1 amide bonds. The zero-order valence-electron chi connectivity index (χ0n) is 13.1. The quantitative estimate of drug-likeness (QED) is 0.594. The maximum atomic E-state index is 12.6. The van der Waals surface area contributed by atoms with Crippen molar-refractivity contribution in [3.05, 3.63) is 77.3 Å². The van der Waals surface area contributed by atoms with Crippen LogP contribution in [0.25, 0.3) is 16.2 Å². The lowest BCUT2D eigenvalue weighted by molar-refractivity contribution is 0.102. The van der Waals surface area contributed by atoms with Gasteiger partial charge in [-0.1, -0.05) is 30.3 Å². The fourth-order valence-electron chi connectivity index (χ4n) is 2.62. The van der Waals surface area contributed by atoms with Crippen LogP contribution in [0.15, 0.2) is 66.2 Å².